The van der Waals surface area contributed by atoms with Crippen molar-refractivity contribution in [2.75, 3.05) is 12.9 Å². The topological polar surface area (TPSA) is 34.0 Å². The highest BCUT2D eigenvalue weighted by Crippen LogP contribution is 2.28. The fraction of sp³-hybridized carbons (Fsp3) is 0.200. The van der Waals surface area contributed by atoms with Crippen LogP contribution in [-0.2, 0) is 4.74 Å². The summed E-state index contributed by atoms with van der Waals surface area (Å²) in [6.45, 7) is 3.56. The third-order valence-corrected chi connectivity index (χ3v) is 4.72. The van der Waals surface area contributed by atoms with Crippen LogP contribution in [0.1, 0.15) is 6.42 Å². The van der Waals surface area contributed by atoms with Crippen molar-refractivity contribution in [3.8, 4) is 0 Å². The second kappa shape index (κ2) is 7.87. The van der Waals surface area contributed by atoms with Crippen LogP contribution in [0, 0.1) is 0 Å². The number of methoxy groups -OCH3 is 1. The Kier molecular flexibility index (Phi) is 5.83. The monoisotopic (exact) mass is 304 g/mol. The van der Waals surface area contributed by atoms with Gasteiger partial charge in [0.25, 0.3) is 0 Å². The van der Waals surface area contributed by atoms with Crippen LogP contribution in [0.3, 0.4) is 0 Å². The predicted molar refractivity (Wildman–Crippen MR) is 89.4 cm³/mol. The van der Waals surface area contributed by atoms with Crippen molar-refractivity contribution < 1.29 is 4.74 Å². The van der Waals surface area contributed by atoms with Gasteiger partial charge in [-0.05, 0) is 30.3 Å². The summed E-state index contributed by atoms with van der Waals surface area (Å²) in [4.78, 5) is 8.48. The Labute approximate surface area is 127 Å². The van der Waals surface area contributed by atoms with E-state index in [0.717, 1.165) is 23.5 Å². The third kappa shape index (κ3) is 4.21. The quantitative estimate of drug-likeness (QED) is 0.430. The van der Waals surface area contributed by atoms with Gasteiger partial charge in [-0.1, -0.05) is 18.2 Å². The number of thiophene rings is 1. The van der Waals surface area contributed by atoms with Crippen LogP contribution in [0.25, 0.3) is 0 Å². The largest absolute Gasteiger partial charge is 0.484 e. The predicted octanol–water partition coefficient (Wildman–Crippen LogP) is 4.94. The molecule has 1 aromatic carbocycles. The average Bonchev–Trinajstić information content (AvgIpc) is 3.00. The molecule has 0 radical (unpaired) electrons. The zero-order valence-corrected chi connectivity index (χ0v) is 12.9. The highest BCUT2D eigenvalue weighted by atomic mass is 32.2. The molecule has 1 aromatic heterocycles. The second-order valence-corrected chi connectivity index (χ2v) is 6.23. The summed E-state index contributed by atoms with van der Waals surface area (Å²) in [5.74, 6) is 1.65. The van der Waals surface area contributed by atoms with Gasteiger partial charge < -0.3 is 4.74 Å². The van der Waals surface area contributed by atoms with E-state index in [-0.39, 0.29) is 0 Å². The van der Waals surface area contributed by atoms with Gasteiger partial charge >= 0.3 is 0 Å². The number of ether oxygens (including phenoxy) is 1. The van der Waals surface area contributed by atoms with Crippen molar-refractivity contribution in [1.29, 1.82) is 0 Å². The molecule has 0 aliphatic rings. The molecule has 2 aromatic rings. The molecule has 0 aliphatic carbocycles. The molecule has 5 heteroatoms. The summed E-state index contributed by atoms with van der Waals surface area (Å²) in [5.41, 5.74) is 1.56. The second-order valence-electron chi connectivity index (χ2n) is 3.89. The Morgan fingerprint density at radius 3 is 2.70 bits per heavy atom. The van der Waals surface area contributed by atoms with E-state index in [1.807, 2.05) is 36.0 Å². The molecule has 1 heterocycles. The number of aliphatic imine (C=N–C) groups is 2. The molecule has 0 spiro atoms. The summed E-state index contributed by atoms with van der Waals surface area (Å²) in [5, 5.41) is 2.08. The fourth-order valence-electron chi connectivity index (χ4n) is 1.61. The van der Waals surface area contributed by atoms with Crippen molar-refractivity contribution in [3.63, 3.8) is 0 Å². The lowest BCUT2D eigenvalue weighted by molar-refractivity contribution is 0.393. The van der Waals surface area contributed by atoms with Gasteiger partial charge in [0, 0.05) is 12.2 Å². The zero-order valence-electron chi connectivity index (χ0n) is 11.3. The van der Waals surface area contributed by atoms with Crippen LogP contribution in [0.15, 0.2) is 56.0 Å². The number of hydrogen-bond acceptors (Lipinski definition) is 5. The first kappa shape index (κ1) is 14.8. The maximum absolute atomic E-state index is 5.35. The molecule has 0 aliphatic heterocycles. The Morgan fingerprint density at radius 1 is 1.25 bits per heavy atom. The van der Waals surface area contributed by atoms with Gasteiger partial charge in [-0.25, -0.2) is 4.99 Å². The maximum Gasteiger partial charge on any atom is 0.189 e. The molecule has 0 fully saturated rings. The van der Waals surface area contributed by atoms with Crippen LogP contribution >= 0.6 is 23.1 Å². The van der Waals surface area contributed by atoms with E-state index in [0.29, 0.717) is 5.90 Å². The van der Waals surface area contributed by atoms with Crippen molar-refractivity contribution in [2.45, 2.75) is 10.6 Å². The van der Waals surface area contributed by atoms with Gasteiger partial charge in [-0.2, -0.15) is 0 Å². The van der Waals surface area contributed by atoms with Crippen LogP contribution in [0.5, 0.6) is 0 Å². The molecule has 0 N–H and O–H groups in total. The van der Waals surface area contributed by atoms with E-state index >= 15 is 0 Å². The minimum Gasteiger partial charge on any atom is -0.484 e. The molecular formula is C15H16N2OS2. The molecule has 20 heavy (non-hydrogen) atoms. The van der Waals surface area contributed by atoms with Crippen LogP contribution in [-0.4, -0.2) is 25.5 Å². The van der Waals surface area contributed by atoms with E-state index in [1.165, 1.54) is 4.21 Å². The van der Waals surface area contributed by atoms with Crippen molar-refractivity contribution >= 4 is 47.1 Å². The number of rotatable bonds is 6. The molecule has 0 amide bonds. The number of nitrogens with zero attached hydrogens (tertiary/aromatic N) is 2. The van der Waals surface area contributed by atoms with E-state index in [9.17, 15) is 0 Å². The van der Waals surface area contributed by atoms with Gasteiger partial charge in [-0.15, -0.1) is 23.1 Å². The van der Waals surface area contributed by atoms with E-state index in [4.69, 9.17) is 4.74 Å². The van der Waals surface area contributed by atoms with Gasteiger partial charge in [-0.3, -0.25) is 4.99 Å². The number of thioether (sulfide) groups is 1. The third-order valence-electron chi connectivity index (χ3n) is 2.59. The van der Waals surface area contributed by atoms with Crippen LogP contribution in [0.2, 0.25) is 0 Å². The lowest BCUT2D eigenvalue weighted by Crippen LogP contribution is -2.02. The maximum atomic E-state index is 5.35. The van der Waals surface area contributed by atoms with Crippen molar-refractivity contribution in [3.05, 3.63) is 41.8 Å². The van der Waals surface area contributed by atoms with Gasteiger partial charge in [0.15, 0.2) is 5.90 Å². The lowest BCUT2D eigenvalue weighted by atomic mass is 10.3. The molecule has 104 valence electrons. The molecule has 0 saturated heterocycles. The molecule has 2 rings (SSSR count). The highest BCUT2D eigenvalue weighted by Gasteiger charge is 2.04. The minimum absolute atomic E-state index is 0.713. The van der Waals surface area contributed by atoms with Crippen LogP contribution < -0.4 is 0 Å². The summed E-state index contributed by atoms with van der Waals surface area (Å²) in [6, 6.07) is 11.8. The van der Waals surface area contributed by atoms with Crippen molar-refractivity contribution in [2.24, 2.45) is 9.98 Å². The van der Waals surface area contributed by atoms with Gasteiger partial charge in [0.05, 0.1) is 22.7 Å². The molecule has 3 nitrogen and oxygen atoms in total. The standard InChI is InChI=1S/C15H16N2OS2/c1-16-12-6-3-4-7-13(12)17-14(18-2)9-11-20-15-8-5-10-19-15/h3-8,10H,1,9,11H2,2H3. The van der Waals surface area contributed by atoms with Gasteiger partial charge in [0.2, 0.25) is 0 Å². The molecule has 0 unspecified atom stereocenters. The minimum atomic E-state index is 0.713. The Morgan fingerprint density at radius 2 is 2.05 bits per heavy atom. The smallest absolute Gasteiger partial charge is 0.189 e. The number of benzene rings is 1. The zero-order chi connectivity index (χ0) is 14.2. The normalized spacial score (nSPS) is 11.3. The number of hydrogen-bond donors (Lipinski definition) is 0. The molecule has 0 bridgehead atoms. The van der Waals surface area contributed by atoms with Crippen LogP contribution in [0.4, 0.5) is 11.4 Å². The first-order valence-corrected chi connectivity index (χ1v) is 8.03. The molecular weight excluding hydrogens is 288 g/mol. The van der Waals surface area contributed by atoms with E-state index in [2.05, 4.69) is 34.2 Å². The summed E-state index contributed by atoms with van der Waals surface area (Å²) < 4.78 is 6.66. The molecule has 0 saturated carbocycles. The molecule has 0 atom stereocenters. The lowest BCUT2D eigenvalue weighted by Gasteiger charge is -2.06. The Bertz CT molecular complexity index is 579. The summed E-state index contributed by atoms with van der Waals surface area (Å²) in [6.07, 6.45) is 0.782. The SMILES string of the molecule is C=Nc1ccccc1N=C(CCSc1cccs1)OC. The average molecular weight is 304 g/mol. The first-order valence-electron chi connectivity index (χ1n) is 6.17. The fourth-order valence-corrected chi connectivity index (χ4v) is 3.40. The van der Waals surface area contributed by atoms with Gasteiger partial charge in [0.1, 0.15) is 0 Å². The van der Waals surface area contributed by atoms with E-state index in [1.54, 1.807) is 18.4 Å². The number of para-hydroxylation sites is 2. The first-order chi connectivity index (χ1) is 9.83. The Hall–Kier alpha value is -1.59. The van der Waals surface area contributed by atoms with E-state index < -0.39 is 0 Å². The highest BCUT2D eigenvalue weighted by molar-refractivity contribution is 8.01. The Balaban J connectivity index is 1.99. The van der Waals surface area contributed by atoms with Crippen molar-refractivity contribution in [1.82, 2.24) is 0 Å². The summed E-state index contributed by atoms with van der Waals surface area (Å²) >= 11 is 3.56. The summed E-state index contributed by atoms with van der Waals surface area (Å²) in [7, 11) is 1.65.